The summed E-state index contributed by atoms with van der Waals surface area (Å²) in [4.78, 5) is 25.8. The summed E-state index contributed by atoms with van der Waals surface area (Å²) in [6.07, 6.45) is 0. The number of fused-ring (bicyclic) bond motifs is 2. The van der Waals surface area contributed by atoms with E-state index in [0.717, 1.165) is 5.56 Å². The van der Waals surface area contributed by atoms with E-state index < -0.39 is 0 Å². The van der Waals surface area contributed by atoms with Crippen molar-refractivity contribution in [3.63, 3.8) is 0 Å². The Morgan fingerprint density at radius 1 is 1.00 bits per heavy atom. The van der Waals surface area contributed by atoms with Gasteiger partial charge in [-0.2, -0.15) is 0 Å². The van der Waals surface area contributed by atoms with Crippen molar-refractivity contribution >= 4 is 10.9 Å². The van der Waals surface area contributed by atoms with Crippen molar-refractivity contribution in [2.75, 3.05) is 6.79 Å². The van der Waals surface area contributed by atoms with Gasteiger partial charge in [0.15, 0.2) is 11.5 Å². The maximum atomic E-state index is 13.0. The predicted octanol–water partition coefficient (Wildman–Crippen LogP) is 2.60. The number of para-hydroxylation sites is 1. The molecule has 0 saturated heterocycles. The van der Waals surface area contributed by atoms with Gasteiger partial charge in [-0.1, -0.05) is 32.0 Å². The molecule has 0 fully saturated rings. The maximum Gasteiger partial charge on any atom is 0.331 e. The van der Waals surface area contributed by atoms with Gasteiger partial charge in [-0.3, -0.25) is 13.9 Å². The molecule has 0 spiro atoms. The van der Waals surface area contributed by atoms with E-state index in [0.29, 0.717) is 35.5 Å². The highest BCUT2D eigenvalue weighted by Gasteiger charge is 2.16. The fourth-order valence-electron chi connectivity index (χ4n) is 3.27. The van der Waals surface area contributed by atoms with Gasteiger partial charge in [-0.05, 0) is 35.7 Å². The second-order valence-corrected chi connectivity index (χ2v) is 6.88. The molecule has 0 radical (unpaired) electrons. The molecule has 26 heavy (non-hydrogen) atoms. The Labute approximate surface area is 150 Å². The monoisotopic (exact) mass is 352 g/mol. The number of hydrogen-bond acceptors (Lipinski definition) is 4. The van der Waals surface area contributed by atoms with E-state index in [4.69, 9.17) is 9.47 Å². The van der Waals surface area contributed by atoms with E-state index in [-0.39, 0.29) is 24.0 Å². The number of hydrogen-bond donors (Lipinski definition) is 0. The first-order valence-electron chi connectivity index (χ1n) is 8.65. The van der Waals surface area contributed by atoms with Crippen molar-refractivity contribution in [2.45, 2.75) is 26.9 Å². The second-order valence-electron chi connectivity index (χ2n) is 6.88. The lowest BCUT2D eigenvalue weighted by atomic mass is 10.1. The molecule has 1 aliphatic heterocycles. The van der Waals surface area contributed by atoms with Crippen molar-refractivity contribution in [1.29, 1.82) is 0 Å². The molecular formula is C20H20N2O4. The highest BCUT2D eigenvalue weighted by molar-refractivity contribution is 5.77. The molecule has 0 amide bonds. The molecule has 6 nitrogen and oxygen atoms in total. The quantitative estimate of drug-likeness (QED) is 0.724. The minimum Gasteiger partial charge on any atom is -0.454 e. The number of nitrogens with zero attached hydrogens (tertiary/aromatic N) is 2. The summed E-state index contributed by atoms with van der Waals surface area (Å²) >= 11 is 0. The summed E-state index contributed by atoms with van der Waals surface area (Å²) in [5, 5.41) is 0.550. The molecule has 0 aliphatic carbocycles. The van der Waals surface area contributed by atoms with E-state index in [1.807, 2.05) is 50.2 Å². The summed E-state index contributed by atoms with van der Waals surface area (Å²) < 4.78 is 13.7. The van der Waals surface area contributed by atoms with Gasteiger partial charge < -0.3 is 9.47 Å². The number of ether oxygens (including phenoxy) is 2. The average Bonchev–Trinajstić information content (AvgIpc) is 3.10. The van der Waals surface area contributed by atoms with Crippen LogP contribution in [0.4, 0.5) is 0 Å². The van der Waals surface area contributed by atoms with Gasteiger partial charge in [-0.25, -0.2) is 4.79 Å². The van der Waals surface area contributed by atoms with Crippen LogP contribution in [0.15, 0.2) is 52.1 Å². The van der Waals surface area contributed by atoms with Gasteiger partial charge >= 0.3 is 5.69 Å². The molecule has 3 aromatic rings. The van der Waals surface area contributed by atoms with Crippen LogP contribution in [0.3, 0.4) is 0 Å². The first-order chi connectivity index (χ1) is 12.5. The van der Waals surface area contributed by atoms with Crippen molar-refractivity contribution in [1.82, 2.24) is 9.13 Å². The predicted molar refractivity (Wildman–Crippen MR) is 99.0 cm³/mol. The Hall–Kier alpha value is -3.02. The third-order valence-electron chi connectivity index (χ3n) is 4.46. The van der Waals surface area contributed by atoms with Crippen LogP contribution in [0, 0.1) is 5.92 Å². The summed E-state index contributed by atoms with van der Waals surface area (Å²) in [5.41, 5.74) is 1.03. The van der Waals surface area contributed by atoms with Crippen LogP contribution in [0.5, 0.6) is 11.5 Å². The lowest BCUT2D eigenvalue weighted by Gasteiger charge is -2.15. The lowest BCUT2D eigenvalue weighted by molar-refractivity contribution is 0.174. The molecule has 2 heterocycles. The molecule has 0 N–H and O–H groups in total. The van der Waals surface area contributed by atoms with Crippen LogP contribution >= 0.6 is 0 Å². The van der Waals surface area contributed by atoms with Crippen molar-refractivity contribution in [3.8, 4) is 11.5 Å². The largest absolute Gasteiger partial charge is 0.454 e. The smallest absolute Gasteiger partial charge is 0.331 e. The highest BCUT2D eigenvalue weighted by Crippen LogP contribution is 2.32. The molecule has 1 aliphatic rings. The Morgan fingerprint density at radius 3 is 2.58 bits per heavy atom. The second kappa shape index (κ2) is 6.37. The minimum absolute atomic E-state index is 0.195. The van der Waals surface area contributed by atoms with Crippen LogP contribution < -0.4 is 20.7 Å². The molecule has 0 atom stereocenters. The molecule has 0 unspecified atom stereocenters. The van der Waals surface area contributed by atoms with E-state index >= 15 is 0 Å². The molecular weight excluding hydrogens is 332 g/mol. The minimum atomic E-state index is -0.292. The molecule has 1 aromatic heterocycles. The Bertz CT molecular complexity index is 1100. The van der Waals surface area contributed by atoms with Gasteiger partial charge in [-0.15, -0.1) is 0 Å². The Morgan fingerprint density at radius 2 is 1.77 bits per heavy atom. The number of rotatable bonds is 4. The molecule has 2 aromatic carbocycles. The summed E-state index contributed by atoms with van der Waals surface area (Å²) in [5.74, 6) is 1.58. The van der Waals surface area contributed by atoms with Gasteiger partial charge in [0.1, 0.15) is 0 Å². The fraction of sp³-hybridized carbons (Fsp3) is 0.300. The summed E-state index contributed by atoms with van der Waals surface area (Å²) in [6, 6.07) is 12.9. The Balaban J connectivity index is 1.88. The van der Waals surface area contributed by atoms with Crippen LogP contribution in [0.2, 0.25) is 0 Å². The van der Waals surface area contributed by atoms with E-state index in [2.05, 4.69) is 0 Å². The standard InChI is InChI=1S/C20H20N2O4/c1-13(2)10-22-19(23)15-5-3-4-6-16(15)21(20(22)24)11-14-7-8-17-18(9-14)26-12-25-17/h3-9,13H,10-12H2,1-2H3. The molecule has 134 valence electrons. The Kier molecular flexibility index (Phi) is 4.03. The van der Waals surface area contributed by atoms with Crippen molar-refractivity contribution < 1.29 is 9.47 Å². The molecule has 0 saturated carbocycles. The van der Waals surface area contributed by atoms with E-state index in [1.165, 1.54) is 4.57 Å². The summed E-state index contributed by atoms with van der Waals surface area (Å²) in [7, 11) is 0. The van der Waals surface area contributed by atoms with Gasteiger partial charge in [0.25, 0.3) is 5.56 Å². The maximum absolute atomic E-state index is 13.0. The third-order valence-corrected chi connectivity index (χ3v) is 4.46. The van der Waals surface area contributed by atoms with Gasteiger partial charge in [0.2, 0.25) is 6.79 Å². The van der Waals surface area contributed by atoms with Crippen LogP contribution in [-0.2, 0) is 13.1 Å². The topological polar surface area (TPSA) is 62.5 Å². The SMILES string of the molecule is CC(C)Cn1c(=O)c2ccccc2n(Cc2ccc3c(c2)OCO3)c1=O. The number of aromatic nitrogens is 2. The van der Waals surface area contributed by atoms with Crippen LogP contribution in [-0.4, -0.2) is 15.9 Å². The normalized spacial score (nSPS) is 12.9. The first-order valence-corrected chi connectivity index (χ1v) is 8.65. The zero-order valence-corrected chi connectivity index (χ0v) is 14.8. The number of benzene rings is 2. The highest BCUT2D eigenvalue weighted by atomic mass is 16.7. The molecule has 4 rings (SSSR count). The molecule has 6 heteroatoms. The van der Waals surface area contributed by atoms with Crippen LogP contribution in [0.1, 0.15) is 19.4 Å². The zero-order valence-electron chi connectivity index (χ0n) is 14.8. The van der Waals surface area contributed by atoms with E-state index in [9.17, 15) is 9.59 Å². The zero-order chi connectivity index (χ0) is 18.3. The third kappa shape index (κ3) is 2.77. The first kappa shape index (κ1) is 16.4. The van der Waals surface area contributed by atoms with Crippen molar-refractivity contribution in [2.24, 2.45) is 5.92 Å². The van der Waals surface area contributed by atoms with Crippen LogP contribution in [0.25, 0.3) is 10.9 Å². The summed E-state index contributed by atoms with van der Waals surface area (Å²) in [6.45, 7) is 4.94. The van der Waals surface area contributed by atoms with Gasteiger partial charge in [0.05, 0.1) is 17.4 Å². The fourth-order valence-corrected chi connectivity index (χ4v) is 3.27. The van der Waals surface area contributed by atoms with Crippen molar-refractivity contribution in [3.05, 3.63) is 68.9 Å². The average molecular weight is 352 g/mol. The molecule has 0 bridgehead atoms. The lowest BCUT2D eigenvalue weighted by Crippen LogP contribution is -2.41. The van der Waals surface area contributed by atoms with Gasteiger partial charge in [0, 0.05) is 6.54 Å². The van der Waals surface area contributed by atoms with E-state index in [1.54, 1.807) is 10.6 Å².